The van der Waals surface area contributed by atoms with Gasteiger partial charge in [0.1, 0.15) is 5.56 Å². The normalized spacial score (nSPS) is 16.1. The predicted molar refractivity (Wildman–Crippen MR) is 112 cm³/mol. The molecule has 154 valence electrons. The van der Waals surface area contributed by atoms with Gasteiger partial charge < -0.3 is 15.0 Å². The number of nitrogens with zero attached hydrogens (tertiary/aromatic N) is 3. The second-order valence-electron chi connectivity index (χ2n) is 6.90. The number of aromatic nitrogens is 2. The van der Waals surface area contributed by atoms with Crippen LogP contribution in [0.5, 0.6) is 0 Å². The number of carbonyl (C=O) groups is 3. The van der Waals surface area contributed by atoms with E-state index < -0.39 is 11.9 Å². The number of hydrogen-bond acceptors (Lipinski definition) is 5. The number of benzene rings is 1. The van der Waals surface area contributed by atoms with Gasteiger partial charge in [-0.2, -0.15) is 5.10 Å². The highest BCUT2D eigenvalue weighted by Gasteiger charge is 2.35. The molecule has 1 atom stereocenters. The molecule has 1 aromatic carbocycles. The Hall–Kier alpha value is -3.39. The second kappa shape index (κ2) is 8.16. The highest BCUT2D eigenvalue weighted by atomic mass is 35.5. The summed E-state index contributed by atoms with van der Waals surface area (Å²) >= 11 is 5.90. The summed E-state index contributed by atoms with van der Waals surface area (Å²) in [6.07, 6.45) is 3.20. The zero-order valence-electron chi connectivity index (χ0n) is 16.2. The Balaban J connectivity index is 1.49. The van der Waals surface area contributed by atoms with Crippen LogP contribution in [0.4, 0.5) is 11.4 Å². The molecular formula is C21H19ClN4O4. The Labute approximate surface area is 177 Å². The molecule has 2 amide bonds. The zero-order chi connectivity index (χ0) is 21.3. The summed E-state index contributed by atoms with van der Waals surface area (Å²) in [4.78, 5) is 38.8. The maximum absolute atomic E-state index is 12.8. The van der Waals surface area contributed by atoms with Crippen LogP contribution in [0.15, 0.2) is 48.8 Å². The van der Waals surface area contributed by atoms with Crippen molar-refractivity contribution in [1.29, 1.82) is 0 Å². The minimum Gasteiger partial charge on any atom is -0.462 e. The highest BCUT2D eigenvalue weighted by Crippen LogP contribution is 2.27. The molecule has 1 fully saturated rings. The summed E-state index contributed by atoms with van der Waals surface area (Å²) in [7, 11) is 0. The lowest BCUT2D eigenvalue weighted by molar-refractivity contribution is -0.122. The molecular weight excluding hydrogens is 408 g/mol. The maximum atomic E-state index is 12.8. The number of pyridine rings is 1. The lowest BCUT2D eigenvalue weighted by Crippen LogP contribution is -2.28. The summed E-state index contributed by atoms with van der Waals surface area (Å²) in [6, 6.07) is 10.3. The predicted octanol–water partition coefficient (Wildman–Crippen LogP) is 3.16. The van der Waals surface area contributed by atoms with Crippen molar-refractivity contribution in [1.82, 2.24) is 9.61 Å². The molecule has 4 rings (SSSR count). The van der Waals surface area contributed by atoms with Gasteiger partial charge in [-0.15, -0.1) is 0 Å². The number of esters is 1. The Morgan fingerprint density at radius 2 is 2.03 bits per heavy atom. The van der Waals surface area contributed by atoms with E-state index in [0.717, 1.165) is 0 Å². The van der Waals surface area contributed by atoms with E-state index in [1.807, 2.05) is 0 Å². The van der Waals surface area contributed by atoms with Gasteiger partial charge in [0.25, 0.3) is 0 Å². The minimum atomic E-state index is -0.487. The van der Waals surface area contributed by atoms with Crippen LogP contribution >= 0.6 is 11.6 Å². The summed E-state index contributed by atoms with van der Waals surface area (Å²) in [6.45, 7) is 2.27. The molecule has 0 aliphatic carbocycles. The van der Waals surface area contributed by atoms with Gasteiger partial charge in [-0.3, -0.25) is 9.59 Å². The average Bonchev–Trinajstić information content (AvgIpc) is 3.32. The summed E-state index contributed by atoms with van der Waals surface area (Å²) in [5.74, 6) is -1.34. The van der Waals surface area contributed by atoms with Crippen LogP contribution in [0.2, 0.25) is 5.02 Å². The largest absolute Gasteiger partial charge is 0.462 e. The molecule has 0 radical (unpaired) electrons. The van der Waals surface area contributed by atoms with Crippen molar-refractivity contribution < 1.29 is 19.1 Å². The quantitative estimate of drug-likeness (QED) is 0.632. The molecule has 1 unspecified atom stereocenters. The fourth-order valence-electron chi connectivity index (χ4n) is 3.42. The molecule has 9 heteroatoms. The number of amides is 2. The third-order valence-electron chi connectivity index (χ3n) is 4.92. The first-order valence-electron chi connectivity index (χ1n) is 9.47. The van der Waals surface area contributed by atoms with Gasteiger partial charge in [0.05, 0.1) is 24.2 Å². The lowest BCUT2D eigenvalue weighted by Gasteiger charge is -2.16. The van der Waals surface area contributed by atoms with Crippen molar-refractivity contribution in [2.75, 3.05) is 23.4 Å². The van der Waals surface area contributed by atoms with Crippen LogP contribution in [0.1, 0.15) is 23.7 Å². The highest BCUT2D eigenvalue weighted by molar-refractivity contribution is 6.30. The number of nitrogens with one attached hydrogen (secondary N) is 1. The summed E-state index contributed by atoms with van der Waals surface area (Å²) in [5.41, 5.74) is 2.06. The first kappa shape index (κ1) is 19.9. The second-order valence-corrected chi connectivity index (χ2v) is 7.33. The Morgan fingerprint density at radius 1 is 1.27 bits per heavy atom. The number of halogens is 1. The smallest absolute Gasteiger partial charge is 0.341 e. The Bertz CT molecular complexity index is 1130. The molecule has 2 aromatic heterocycles. The molecule has 1 aliphatic rings. The van der Waals surface area contributed by atoms with E-state index >= 15 is 0 Å². The topological polar surface area (TPSA) is 93.0 Å². The van der Waals surface area contributed by atoms with Gasteiger partial charge >= 0.3 is 5.97 Å². The lowest BCUT2D eigenvalue weighted by atomic mass is 10.1. The van der Waals surface area contributed by atoms with Crippen molar-refractivity contribution in [3.05, 3.63) is 59.4 Å². The molecule has 3 aromatic rings. The van der Waals surface area contributed by atoms with Gasteiger partial charge in [0, 0.05) is 35.6 Å². The molecule has 1 N–H and O–H groups in total. The van der Waals surface area contributed by atoms with Crippen molar-refractivity contribution in [2.24, 2.45) is 5.92 Å². The first-order chi connectivity index (χ1) is 14.5. The number of hydrogen-bond donors (Lipinski definition) is 1. The number of carbonyl (C=O) groups excluding carboxylic acids is 3. The monoisotopic (exact) mass is 426 g/mol. The fraction of sp³-hybridized carbons (Fsp3) is 0.238. The molecule has 1 saturated heterocycles. The number of anilines is 2. The van der Waals surface area contributed by atoms with Crippen molar-refractivity contribution in [3.8, 4) is 0 Å². The third-order valence-corrected chi connectivity index (χ3v) is 5.17. The number of rotatable bonds is 5. The van der Waals surface area contributed by atoms with Gasteiger partial charge in [-0.1, -0.05) is 11.6 Å². The standard InChI is InChI=1S/C21H19ClN4O4/c1-2-30-21(29)17-11-23-26-8-7-15(10-18(17)26)24-20(28)13-9-19(27)25(12-13)16-5-3-14(22)4-6-16/h3-8,10-11,13H,2,9,12H2,1H3,(H,24,28). The fourth-order valence-corrected chi connectivity index (χ4v) is 3.55. The van der Waals surface area contributed by atoms with Crippen LogP contribution in [0.25, 0.3) is 5.52 Å². The maximum Gasteiger partial charge on any atom is 0.341 e. The van der Waals surface area contributed by atoms with Gasteiger partial charge in [-0.25, -0.2) is 9.31 Å². The van der Waals surface area contributed by atoms with Crippen molar-refractivity contribution >= 4 is 46.3 Å². The van der Waals surface area contributed by atoms with Gasteiger partial charge in [0.2, 0.25) is 11.8 Å². The van der Waals surface area contributed by atoms with E-state index in [4.69, 9.17) is 16.3 Å². The molecule has 8 nitrogen and oxygen atoms in total. The Morgan fingerprint density at radius 3 is 2.77 bits per heavy atom. The van der Waals surface area contributed by atoms with Crippen LogP contribution < -0.4 is 10.2 Å². The Kier molecular flexibility index (Phi) is 5.41. The van der Waals surface area contributed by atoms with E-state index in [1.54, 1.807) is 54.4 Å². The van der Waals surface area contributed by atoms with E-state index in [0.29, 0.717) is 27.5 Å². The number of ether oxygens (including phenoxy) is 1. The van der Waals surface area contributed by atoms with Crippen LogP contribution in [-0.4, -0.2) is 40.5 Å². The molecule has 3 heterocycles. The molecule has 0 saturated carbocycles. The summed E-state index contributed by atoms with van der Waals surface area (Å²) < 4.78 is 6.57. The van der Waals surface area contributed by atoms with E-state index in [2.05, 4.69) is 10.4 Å². The van der Waals surface area contributed by atoms with Crippen LogP contribution in [0, 0.1) is 5.92 Å². The number of fused-ring (bicyclic) bond motifs is 1. The third kappa shape index (κ3) is 3.86. The van der Waals surface area contributed by atoms with Crippen LogP contribution in [-0.2, 0) is 14.3 Å². The SMILES string of the molecule is CCOC(=O)c1cnn2ccc(NC(=O)C3CC(=O)N(c4ccc(Cl)cc4)C3)cc12. The molecule has 0 spiro atoms. The van der Waals surface area contributed by atoms with Crippen LogP contribution in [0.3, 0.4) is 0 Å². The van der Waals surface area contributed by atoms with Crippen molar-refractivity contribution in [2.45, 2.75) is 13.3 Å². The van der Waals surface area contributed by atoms with Gasteiger partial charge in [-0.05, 0) is 43.3 Å². The molecule has 0 bridgehead atoms. The molecule has 1 aliphatic heterocycles. The minimum absolute atomic E-state index is 0.117. The van der Waals surface area contributed by atoms with E-state index in [-0.39, 0.29) is 31.4 Å². The first-order valence-corrected chi connectivity index (χ1v) is 9.85. The van der Waals surface area contributed by atoms with Gasteiger partial charge in [0.15, 0.2) is 0 Å². The average molecular weight is 427 g/mol. The van der Waals surface area contributed by atoms with E-state index in [1.165, 1.54) is 10.7 Å². The van der Waals surface area contributed by atoms with Crippen molar-refractivity contribution in [3.63, 3.8) is 0 Å². The summed E-state index contributed by atoms with van der Waals surface area (Å²) in [5, 5.41) is 7.54. The zero-order valence-corrected chi connectivity index (χ0v) is 16.9. The molecule has 30 heavy (non-hydrogen) atoms. The van der Waals surface area contributed by atoms with E-state index in [9.17, 15) is 14.4 Å².